The van der Waals surface area contributed by atoms with E-state index in [2.05, 4.69) is 40.7 Å². The minimum Gasteiger partial charge on any atom is -0.474 e. The molecule has 2 aliphatic rings. The van der Waals surface area contributed by atoms with Crippen molar-refractivity contribution in [3.63, 3.8) is 0 Å². The summed E-state index contributed by atoms with van der Waals surface area (Å²) in [6.45, 7) is 6.77. The second-order valence-corrected chi connectivity index (χ2v) is 9.65. The quantitative estimate of drug-likeness (QED) is 0.291. The summed E-state index contributed by atoms with van der Waals surface area (Å²) in [5, 5.41) is 9.38. The number of carbonyl (C=O) groups excluding carboxylic acids is 1. The highest BCUT2D eigenvalue weighted by Crippen LogP contribution is 2.34. The molecule has 1 amide bonds. The van der Waals surface area contributed by atoms with Gasteiger partial charge in [-0.1, -0.05) is 0 Å². The van der Waals surface area contributed by atoms with Gasteiger partial charge in [0, 0.05) is 73.9 Å². The summed E-state index contributed by atoms with van der Waals surface area (Å²) in [5.74, 6) is 0.0327. The second kappa shape index (κ2) is 11.0. The van der Waals surface area contributed by atoms with Crippen LogP contribution in [0.1, 0.15) is 15.9 Å². The average molecular weight is 539 g/mol. The number of pyridine rings is 3. The number of ether oxygens (including phenoxy) is 1. The van der Waals surface area contributed by atoms with Crippen molar-refractivity contribution in [2.45, 2.75) is 6.92 Å². The van der Waals surface area contributed by atoms with Gasteiger partial charge in [0.2, 0.25) is 5.88 Å². The van der Waals surface area contributed by atoms with E-state index in [1.54, 1.807) is 12.3 Å². The molecule has 2 aliphatic heterocycles. The van der Waals surface area contributed by atoms with Gasteiger partial charge in [-0.05, 0) is 49.4 Å². The van der Waals surface area contributed by atoms with Gasteiger partial charge in [-0.15, -0.1) is 0 Å². The van der Waals surface area contributed by atoms with Gasteiger partial charge in [-0.25, -0.2) is 4.98 Å². The molecule has 204 valence electrons. The van der Waals surface area contributed by atoms with Gasteiger partial charge in [0.1, 0.15) is 17.9 Å². The number of H-pyrrole nitrogens is 1. The highest BCUT2D eigenvalue weighted by molar-refractivity contribution is 6.08. The number of aromatic nitrogens is 3. The number of nitrogens with one attached hydrogen (secondary N) is 4. The Morgan fingerprint density at radius 2 is 1.65 bits per heavy atom. The number of piperazine rings is 1. The maximum Gasteiger partial charge on any atom is 0.263 e. The van der Waals surface area contributed by atoms with Crippen molar-refractivity contribution in [2.75, 3.05) is 65.1 Å². The number of anilines is 6. The van der Waals surface area contributed by atoms with E-state index in [1.165, 1.54) is 11.9 Å². The van der Waals surface area contributed by atoms with Gasteiger partial charge in [0.25, 0.3) is 11.5 Å². The first-order valence-electron chi connectivity index (χ1n) is 13.2. The Hall–Kier alpha value is -5.06. The van der Waals surface area contributed by atoms with Gasteiger partial charge in [-0.3, -0.25) is 14.6 Å². The van der Waals surface area contributed by atoms with Gasteiger partial charge in [-0.2, -0.15) is 0 Å². The van der Waals surface area contributed by atoms with Gasteiger partial charge >= 0.3 is 0 Å². The lowest BCUT2D eigenvalue weighted by atomic mass is 10.1. The van der Waals surface area contributed by atoms with Crippen LogP contribution in [-0.4, -0.2) is 60.2 Å². The van der Waals surface area contributed by atoms with E-state index in [0.29, 0.717) is 36.1 Å². The van der Waals surface area contributed by atoms with Crippen LogP contribution in [0.3, 0.4) is 0 Å². The van der Waals surface area contributed by atoms with Crippen LogP contribution in [0.5, 0.6) is 5.88 Å². The minimum atomic E-state index is -0.506. The molecule has 0 unspecified atom stereocenters. The van der Waals surface area contributed by atoms with Crippen molar-refractivity contribution in [1.29, 1.82) is 0 Å². The summed E-state index contributed by atoms with van der Waals surface area (Å²) < 4.78 is 5.60. The molecule has 0 saturated carbocycles. The number of amides is 1. The third kappa shape index (κ3) is 5.13. The summed E-state index contributed by atoms with van der Waals surface area (Å²) in [6.07, 6.45) is 6.78. The van der Waals surface area contributed by atoms with Crippen LogP contribution in [0.2, 0.25) is 0 Å². The van der Waals surface area contributed by atoms with E-state index in [-0.39, 0.29) is 5.56 Å². The Morgan fingerprint density at radius 1 is 0.950 bits per heavy atom. The minimum absolute atomic E-state index is 0.0138. The van der Waals surface area contributed by atoms with Crippen LogP contribution in [0.25, 0.3) is 0 Å². The summed E-state index contributed by atoms with van der Waals surface area (Å²) in [5.41, 5.74) is 5.10. The number of carbonyl (C=O) groups is 1. The van der Waals surface area contributed by atoms with Crippen molar-refractivity contribution < 1.29 is 9.53 Å². The maximum atomic E-state index is 13.3. The Kier molecular flexibility index (Phi) is 6.92. The first kappa shape index (κ1) is 25.2. The highest BCUT2D eigenvalue weighted by atomic mass is 16.5. The summed E-state index contributed by atoms with van der Waals surface area (Å²) in [4.78, 5) is 41.8. The van der Waals surface area contributed by atoms with Gasteiger partial charge < -0.3 is 35.5 Å². The van der Waals surface area contributed by atoms with E-state index in [0.717, 1.165) is 43.1 Å². The van der Waals surface area contributed by atoms with Crippen molar-refractivity contribution >= 4 is 40.0 Å². The number of aromatic amines is 1. The predicted molar refractivity (Wildman–Crippen MR) is 156 cm³/mol. The fraction of sp³-hybridized carbons (Fsp3) is 0.241. The molecule has 0 bridgehead atoms. The average Bonchev–Trinajstić information content (AvgIpc) is 3.00. The molecule has 5 heterocycles. The highest BCUT2D eigenvalue weighted by Gasteiger charge is 2.21. The number of fused-ring (bicyclic) bond motifs is 1. The number of hydrogen-bond acceptors (Lipinski definition) is 9. The summed E-state index contributed by atoms with van der Waals surface area (Å²) in [6, 6.07) is 13.4. The zero-order valence-corrected chi connectivity index (χ0v) is 22.1. The Bertz CT molecular complexity index is 1560. The number of rotatable bonds is 6. The fourth-order valence-electron chi connectivity index (χ4n) is 5.03. The van der Waals surface area contributed by atoms with Crippen LogP contribution in [0, 0.1) is 6.92 Å². The molecule has 3 aromatic heterocycles. The Labute approximate surface area is 231 Å². The van der Waals surface area contributed by atoms with E-state index in [1.807, 2.05) is 55.7 Å². The zero-order chi connectivity index (χ0) is 27.5. The van der Waals surface area contributed by atoms with Gasteiger partial charge in [0.05, 0.1) is 17.6 Å². The smallest absolute Gasteiger partial charge is 0.263 e. The van der Waals surface area contributed by atoms with Crippen LogP contribution in [0.4, 0.5) is 34.1 Å². The molecule has 1 aromatic carbocycles. The molecule has 11 heteroatoms. The van der Waals surface area contributed by atoms with E-state index in [9.17, 15) is 9.59 Å². The number of hydrogen-bond donors (Lipinski definition) is 4. The standard InChI is InChI=1S/C29H30N8O3/c1-19-24(18-33-29-26(19)31-12-17-40-29)35-23-8-11-32-27(38)25(23)28(39)34-20-2-4-21(5-3-20)36-13-15-37(16-14-36)22-6-9-30-10-7-22/h2-11,18,31H,12-17H2,1H3,(H,34,39)(H2,32,35,38). The molecule has 6 rings (SSSR count). The van der Waals surface area contributed by atoms with Crippen LogP contribution in [-0.2, 0) is 0 Å². The van der Waals surface area contributed by atoms with Crippen molar-refractivity contribution in [3.8, 4) is 5.88 Å². The molecule has 11 nitrogen and oxygen atoms in total. The first-order chi connectivity index (χ1) is 19.6. The lowest BCUT2D eigenvalue weighted by molar-refractivity contribution is 0.102. The predicted octanol–water partition coefficient (Wildman–Crippen LogP) is 3.60. The normalized spacial score (nSPS) is 14.5. The molecular weight excluding hydrogens is 508 g/mol. The molecule has 4 N–H and O–H groups in total. The SMILES string of the molecule is Cc1c(Nc2cc[nH]c(=O)c2C(=O)Nc2ccc(N3CCN(c4ccncc4)CC3)cc2)cnc2c1NCCO2. The molecular formula is C29H30N8O3. The first-order valence-corrected chi connectivity index (χ1v) is 13.2. The summed E-state index contributed by atoms with van der Waals surface area (Å²) >= 11 is 0. The fourth-order valence-corrected chi connectivity index (χ4v) is 5.03. The molecule has 4 aromatic rings. The van der Waals surface area contributed by atoms with Crippen molar-refractivity contribution in [1.82, 2.24) is 15.0 Å². The largest absolute Gasteiger partial charge is 0.474 e. The number of nitrogens with zero attached hydrogens (tertiary/aromatic N) is 4. The van der Waals surface area contributed by atoms with Crippen LogP contribution >= 0.6 is 0 Å². The molecule has 0 aliphatic carbocycles. The number of benzene rings is 1. The zero-order valence-electron chi connectivity index (χ0n) is 22.1. The monoisotopic (exact) mass is 538 g/mol. The molecule has 40 heavy (non-hydrogen) atoms. The van der Waals surface area contributed by atoms with E-state index in [4.69, 9.17) is 4.74 Å². The third-order valence-corrected chi connectivity index (χ3v) is 7.20. The lowest BCUT2D eigenvalue weighted by Crippen LogP contribution is -2.46. The topological polar surface area (TPSA) is 128 Å². The van der Waals surface area contributed by atoms with Crippen LogP contribution in [0.15, 0.2) is 72.0 Å². The molecule has 0 atom stereocenters. The molecule has 0 radical (unpaired) electrons. The summed E-state index contributed by atoms with van der Waals surface area (Å²) in [7, 11) is 0. The lowest BCUT2D eigenvalue weighted by Gasteiger charge is -2.37. The maximum absolute atomic E-state index is 13.3. The van der Waals surface area contributed by atoms with Crippen molar-refractivity contribution in [3.05, 3.63) is 88.7 Å². The molecule has 1 fully saturated rings. The molecule has 0 spiro atoms. The van der Waals surface area contributed by atoms with Crippen molar-refractivity contribution in [2.24, 2.45) is 0 Å². The van der Waals surface area contributed by atoms with Crippen LogP contribution < -0.4 is 36.0 Å². The second-order valence-electron chi connectivity index (χ2n) is 9.65. The Morgan fingerprint density at radius 3 is 2.38 bits per heavy atom. The Balaban J connectivity index is 1.14. The van der Waals surface area contributed by atoms with E-state index < -0.39 is 11.5 Å². The van der Waals surface area contributed by atoms with E-state index >= 15 is 0 Å². The third-order valence-electron chi connectivity index (χ3n) is 7.20. The molecule has 1 saturated heterocycles. The van der Waals surface area contributed by atoms with Gasteiger partial charge in [0.15, 0.2) is 0 Å².